The number of unbranched alkanes of at least 4 members (excludes halogenated alkanes) is 1. The zero-order valence-electron chi connectivity index (χ0n) is 10.9. The molecule has 0 aliphatic heterocycles. The molecule has 0 spiro atoms. The van der Waals surface area contributed by atoms with Gasteiger partial charge in [-0.3, -0.25) is 9.59 Å². The van der Waals surface area contributed by atoms with Crippen LogP contribution in [0, 0.1) is 0 Å². The molecule has 1 aromatic heterocycles. The maximum absolute atomic E-state index is 11.7. The molecule has 0 fully saturated rings. The van der Waals surface area contributed by atoms with Crippen LogP contribution in [-0.4, -0.2) is 36.9 Å². The minimum absolute atomic E-state index is 0.0778. The Balaban J connectivity index is 2.21. The summed E-state index contributed by atoms with van der Waals surface area (Å²) in [4.78, 5) is 25.0. The topological polar surface area (TPSA) is 49.4 Å². The van der Waals surface area contributed by atoms with Crippen molar-refractivity contribution >= 4 is 23.2 Å². The van der Waals surface area contributed by atoms with Gasteiger partial charge < -0.3 is 10.2 Å². The molecule has 0 bridgehead atoms. The molecule has 0 saturated carbocycles. The van der Waals surface area contributed by atoms with Gasteiger partial charge in [-0.2, -0.15) is 11.3 Å². The van der Waals surface area contributed by atoms with Crippen molar-refractivity contribution in [3.05, 3.63) is 22.4 Å². The number of carbonyl (C=O) groups is 2. The first kappa shape index (κ1) is 14.7. The average molecular weight is 268 g/mol. The monoisotopic (exact) mass is 268 g/mol. The summed E-state index contributed by atoms with van der Waals surface area (Å²) in [6.45, 7) is 3.27. The number of hydrogen-bond donors (Lipinski definition) is 1. The van der Waals surface area contributed by atoms with Crippen LogP contribution in [0.1, 0.15) is 36.5 Å². The summed E-state index contributed by atoms with van der Waals surface area (Å²) < 4.78 is 0. The molecule has 4 nitrogen and oxygen atoms in total. The molecule has 1 rings (SSSR count). The van der Waals surface area contributed by atoms with E-state index < -0.39 is 0 Å². The fourth-order valence-electron chi connectivity index (χ4n) is 1.49. The lowest BCUT2D eigenvalue weighted by Crippen LogP contribution is -2.32. The summed E-state index contributed by atoms with van der Waals surface area (Å²) in [5.41, 5.74) is 0.659. The fourth-order valence-corrected chi connectivity index (χ4v) is 2.13. The van der Waals surface area contributed by atoms with E-state index in [1.807, 2.05) is 5.38 Å². The third kappa shape index (κ3) is 4.87. The van der Waals surface area contributed by atoms with Gasteiger partial charge in [0, 0.05) is 37.5 Å². The third-order valence-electron chi connectivity index (χ3n) is 2.68. The first-order valence-electron chi connectivity index (χ1n) is 6.19. The van der Waals surface area contributed by atoms with Gasteiger partial charge in [0.05, 0.1) is 0 Å². The molecule has 100 valence electrons. The van der Waals surface area contributed by atoms with Crippen molar-refractivity contribution in [2.75, 3.05) is 20.1 Å². The van der Waals surface area contributed by atoms with E-state index in [0.717, 1.165) is 19.4 Å². The Morgan fingerprint density at radius 1 is 1.44 bits per heavy atom. The molecule has 1 heterocycles. The number of hydrogen-bond acceptors (Lipinski definition) is 3. The van der Waals surface area contributed by atoms with Crippen molar-refractivity contribution in [2.24, 2.45) is 0 Å². The average Bonchev–Trinajstić information content (AvgIpc) is 2.89. The predicted octanol–water partition coefficient (Wildman–Crippen LogP) is 2.13. The van der Waals surface area contributed by atoms with Gasteiger partial charge in [-0.25, -0.2) is 0 Å². The summed E-state index contributed by atoms with van der Waals surface area (Å²) >= 11 is 1.49. The Hall–Kier alpha value is -1.36. The van der Waals surface area contributed by atoms with Gasteiger partial charge in [0.2, 0.25) is 5.91 Å². The molecule has 2 amide bonds. The highest BCUT2D eigenvalue weighted by atomic mass is 32.1. The van der Waals surface area contributed by atoms with Crippen molar-refractivity contribution in [2.45, 2.75) is 26.2 Å². The van der Waals surface area contributed by atoms with Crippen molar-refractivity contribution < 1.29 is 9.59 Å². The second-order valence-electron chi connectivity index (χ2n) is 4.19. The van der Waals surface area contributed by atoms with Gasteiger partial charge in [-0.1, -0.05) is 13.3 Å². The second kappa shape index (κ2) is 7.87. The lowest BCUT2D eigenvalue weighted by molar-refractivity contribution is -0.129. The van der Waals surface area contributed by atoms with Gasteiger partial charge in [-0.15, -0.1) is 0 Å². The highest BCUT2D eigenvalue weighted by molar-refractivity contribution is 7.08. The van der Waals surface area contributed by atoms with Crippen LogP contribution in [-0.2, 0) is 4.79 Å². The molecule has 0 aliphatic rings. The molecular formula is C13H20N2O2S. The lowest BCUT2D eigenvalue weighted by Gasteiger charge is -2.16. The van der Waals surface area contributed by atoms with Crippen LogP contribution in [0.3, 0.4) is 0 Å². The molecule has 0 unspecified atom stereocenters. The predicted molar refractivity (Wildman–Crippen MR) is 73.8 cm³/mol. The molecule has 18 heavy (non-hydrogen) atoms. The molecule has 0 aromatic carbocycles. The Bertz CT molecular complexity index is 376. The van der Waals surface area contributed by atoms with Crippen LogP contribution in [0.2, 0.25) is 0 Å². The summed E-state index contributed by atoms with van der Waals surface area (Å²) in [5, 5.41) is 6.40. The number of rotatable bonds is 7. The van der Waals surface area contributed by atoms with Gasteiger partial charge in [0.1, 0.15) is 0 Å². The quantitative estimate of drug-likeness (QED) is 0.823. The number of nitrogens with zero attached hydrogens (tertiary/aromatic N) is 1. The minimum atomic E-state index is -0.111. The smallest absolute Gasteiger partial charge is 0.252 e. The summed E-state index contributed by atoms with van der Waals surface area (Å²) in [6.07, 6.45) is 2.45. The van der Waals surface area contributed by atoms with E-state index >= 15 is 0 Å². The first-order valence-corrected chi connectivity index (χ1v) is 7.13. The van der Waals surface area contributed by atoms with Gasteiger partial charge in [0.25, 0.3) is 5.91 Å². The Kier molecular flexibility index (Phi) is 6.43. The normalized spacial score (nSPS) is 10.1. The van der Waals surface area contributed by atoms with Crippen molar-refractivity contribution in [3.8, 4) is 0 Å². The number of nitrogens with one attached hydrogen (secondary N) is 1. The van der Waals surface area contributed by atoms with E-state index in [1.54, 1.807) is 23.4 Å². The highest BCUT2D eigenvalue weighted by Gasteiger charge is 2.09. The lowest BCUT2D eigenvalue weighted by atomic mass is 10.3. The zero-order valence-corrected chi connectivity index (χ0v) is 11.8. The maximum atomic E-state index is 11.7. The van der Waals surface area contributed by atoms with Crippen molar-refractivity contribution in [1.29, 1.82) is 0 Å². The van der Waals surface area contributed by atoms with Crippen LogP contribution in [0.4, 0.5) is 0 Å². The number of amides is 2. The van der Waals surface area contributed by atoms with Crippen LogP contribution < -0.4 is 5.32 Å². The molecule has 0 saturated heterocycles. The van der Waals surface area contributed by atoms with E-state index in [-0.39, 0.29) is 11.8 Å². The highest BCUT2D eigenvalue weighted by Crippen LogP contribution is 2.05. The molecule has 1 aromatic rings. The Morgan fingerprint density at radius 3 is 2.83 bits per heavy atom. The van der Waals surface area contributed by atoms with E-state index in [9.17, 15) is 9.59 Å². The van der Waals surface area contributed by atoms with E-state index in [1.165, 1.54) is 11.3 Å². The van der Waals surface area contributed by atoms with Crippen LogP contribution in [0.15, 0.2) is 16.8 Å². The van der Waals surface area contributed by atoms with E-state index in [2.05, 4.69) is 12.2 Å². The largest absolute Gasteiger partial charge is 0.351 e. The minimum Gasteiger partial charge on any atom is -0.351 e. The summed E-state index contributed by atoms with van der Waals surface area (Å²) in [5.74, 6) is -0.0330. The molecule has 5 heteroatoms. The fraction of sp³-hybridized carbons (Fsp3) is 0.538. The van der Waals surface area contributed by atoms with Crippen molar-refractivity contribution in [1.82, 2.24) is 10.2 Å². The SMILES string of the molecule is CCCCN(C)C(=O)CCNC(=O)c1ccsc1. The van der Waals surface area contributed by atoms with Crippen LogP contribution in [0.5, 0.6) is 0 Å². The first-order chi connectivity index (χ1) is 8.65. The zero-order chi connectivity index (χ0) is 13.4. The summed E-state index contributed by atoms with van der Waals surface area (Å²) in [6, 6.07) is 1.77. The number of thiophene rings is 1. The molecule has 1 N–H and O–H groups in total. The van der Waals surface area contributed by atoms with Crippen LogP contribution in [0.25, 0.3) is 0 Å². The Labute approximate surface area is 112 Å². The number of carbonyl (C=O) groups excluding carboxylic acids is 2. The van der Waals surface area contributed by atoms with Gasteiger partial charge >= 0.3 is 0 Å². The molecule has 0 aliphatic carbocycles. The molecule has 0 atom stereocenters. The maximum Gasteiger partial charge on any atom is 0.252 e. The van der Waals surface area contributed by atoms with E-state index in [4.69, 9.17) is 0 Å². The van der Waals surface area contributed by atoms with Gasteiger partial charge in [-0.05, 0) is 17.9 Å². The second-order valence-corrected chi connectivity index (χ2v) is 4.97. The van der Waals surface area contributed by atoms with Gasteiger partial charge in [0.15, 0.2) is 0 Å². The standard InChI is InChI=1S/C13H20N2O2S/c1-3-4-8-15(2)12(16)5-7-14-13(17)11-6-9-18-10-11/h6,9-10H,3-5,7-8H2,1-2H3,(H,14,17). The molecular weight excluding hydrogens is 248 g/mol. The third-order valence-corrected chi connectivity index (χ3v) is 3.36. The van der Waals surface area contributed by atoms with Crippen molar-refractivity contribution in [3.63, 3.8) is 0 Å². The summed E-state index contributed by atoms with van der Waals surface area (Å²) in [7, 11) is 1.80. The van der Waals surface area contributed by atoms with E-state index in [0.29, 0.717) is 18.5 Å². The van der Waals surface area contributed by atoms with Crippen LogP contribution >= 0.6 is 11.3 Å². The molecule has 0 radical (unpaired) electrons. The Morgan fingerprint density at radius 2 is 2.22 bits per heavy atom.